The van der Waals surface area contributed by atoms with E-state index in [4.69, 9.17) is 9.47 Å². The molecule has 0 spiro atoms. The van der Waals surface area contributed by atoms with E-state index in [1.54, 1.807) is 19.4 Å². The van der Waals surface area contributed by atoms with Gasteiger partial charge in [-0.2, -0.15) is 5.10 Å². The fourth-order valence-electron chi connectivity index (χ4n) is 4.49. The third-order valence-electron chi connectivity index (χ3n) is 6.37. The van der Waals surface area contributed by atoms with Crippen LogP contribution in [0.1, 0.15) is 23.1 Å². The largest absolute Gasteiger partial charge is 0.497 e. The zero-order valence-electron chi connectivity index (χ0n) is 20.1. The summed E-state index contributed by atoms with van der Waals surface area (Å²) in [6, 6.07) is 9.50. The van der Waals surface area contributed by atoms with Crippen LogP contribution in [0.3, 0.4) is 0 Å². The second kappa shape index (κ2) is 10.7. The van der Waals surface area contributed by atoms with Crippen LogP contribution in [0.4, 0.5) is 21.0 Å². The molecule has 0 radical (unpaired) electrons. The fourth-order valence-corrected chi connectivity index (χ4v) is 5.32. The van der Waals surface area contributed by atoms with Gasteiger partial charge in [-0.15, -0.1) is 15.3 Å². The first-order chi connectivity index (χ1) is 17.5. The molecular weight excluding hydrogens is 485 g/mol. The van der Waals surface area contributed by atoms with E-state index in [-0.39, 0.29) is 18.2 Å². The van der Waals surface area contributed by atoms with E-state index in [2.05, 4.69) is 30.6 Å². The lowest BCUT2D eigenvalue weighted by Gasteiger charge is -2.37. The number of benzene rings is 1. The van der Waals surface area contributed by atoms with E-state index < -0.39 is 12.3 Å². The van der Waals surface area contributed by atoms with Crippen LogP contribution in [-0.2, 0) is 16.0 Å². The van der Waals surface area contributed by atoms with Gasteiger partial charge in [0.25, 0.3) is 0 Å². The number of Topliss-reactive ketones (excluding diaryl/α,β-unsaturated/α-hetero) is 1. The van der Waals surface area contributed by atoms with E-state index in [1.807, 2.05) is 29.2 Å². The lowest BCUT2D eigenvalue weighted by Crippen LogP contribution is -2.48. The Morgan fingerprint density at radius 2 is 2.06 bits per heavy atom. The molecule has 1 N–H and O–H groups in total. The minimum atomic E-state index is -0.834. The number of anilines is 3. The van der Waals surface area contributed by atoms with E-state index >= 15 is 0 Å². The van der Waals surface area contributed by atoms with E-state index in [0.717, 1.165) is 31.0 Å². The highest BCUT2D eigenvalue weighted by molar-refractivity contribution is 7.15. The summed E-state index contributed by atoms with van der Waals surface area (Å²) in [5.74, 6) is 1.31. The zero-order valence-corrected chi connectivity index (χ0v) is 20.9. The number of nitrogens with zero attached hydrogens (tertiary/aromatic N) is 6. The third-order valence-corrected chi connectivity index (χ3v) is 7.23. The Bertz CT molecular complexity index is 1190. The molecule has 0 aliphatic carbocycles. The summed E-state index contributed by atoms with van der Waals surface area (Å²) in [5, 5.41) is 21.3. The number of hydrogen-bond acceptors (Lipinski definition) is 11. The molecule has 2 atom stereocenters. The number of ether oxygens (including phenoxy) is 2. The van der Waals surface area contributed by atoms with Gasteiger partial charge in [-0.1, -0.05) is 11.3 Å². The number of methoxy groups -OCH3 is 2. The van der Waals surface area contributed by atoms with Crippen LogP contribution < -0.4 is 19.9 Å². The minimum absolute atomic E-state index is 0.0943. The summed E-state index contributed by atoms with van der Waals surface area (Å²) in [4.78, 5) is 17.3. The van der Waals surface area contributed by atoms with Crippen LogP contribution >= 0.6 is 11.3 Å². The molecule has 190 valence electrons. The summed E-state index contributed by atoms with van der Waals surface area (Å²) in [5.41, 5.74) is 1.47. The smallest absolute Gasteiger partial charge is 0.205 e. The number of aromatic nitrogens is 4. The summed E-state index contributed by atoms with van der Waals surface area (Å²) < 4.78 is 24.4. The van der Waals surface area contributed by atoms with E-state index in [0.29, 0.717) is 34.5 Å². The molecule has 0 saturated carbocycles. The summed E-state index contributed by atoms with van der Waals surface area (Å²) in [7, 11) is 3.06. The van der Waals surface area contributed by atoms with Gasteiger partial charge in [0.05, 0.1) is 26.6 Å². The first-order valence-corrected chi connectivity index (χ1v) is 12.6. The zero-order chi connectivity index (χ0) is 25.1. The average molecular weight is 514 g/mol. The van der Waals surface area contributed by atoms with Gasteiger partial charge in [-0.3, -0.25) is 4.79 Å². The predicted octanol–water partition coefficient (Wildman–Crippen LogP) is 2.68. The SMILES string of the molecule is COc1cc([C@H](OC)C(=O)Cc2nnc(N[C@@H]3CCN(c4cccnn4)C3)s2)cc(N2CC(F)C2)c1. The predicted molar refractivity (Wildman–Crippen MR) is 135 cm³/mol. The number of nitrogens with one attached hydrogen (secondary N) is 1. The monoisotopic (exact) mass is 513 g/mol. The lowest BCUT2D eigenvalue weighted by molar-refractivity contribution is -0.128. The number of ketones is 1. The topological polar surface area (TPSA) is 106 Å². The van der Waals surface area contributed by atoms with Gasteiger partial charge < -0.3 is 24.6 Å². The standard InChI is InChI=1S/C24H28FN7O3S/c1-34-19-9-15(8-18(10-19)32-12-16(25)13-32)23(35-2)20(33)11-22-29-30-24(36-22)27-17-5-7-31(14-17)21-4-3-6-26-28-21/h3-4,6,8-10,16-17,23H,5,7,11-14H2,1-2H3,(H,27,30)/t17-,23+/m1/s1. The fraction of sp³-hybridized carbons (Fsp3) is 0.458. The number of rotatable bonds is 10. The molecule has 2 fully saturated rings. The molecule has 2 aromatic heterocycles. The van der Waals surface area contributed by atoms with Crippen molar-refractivity contribution in [2.75, 3.05) is 55.5 Å². The van der Waals surface area contributed by atoms with Crippen LogP contribution in [0.15, 0.2) is 36.5 Å². The quantitative estimate of drug-likeness (QED) is 0.435. The number of carbonyl (C=O) groups is 1. The normalized spacial score (nSPS) is 18.7. The molecule has 10 nitrogen and oxygen atoms in total. The summed E-state index contributed by atoms with van der Waals surface area (Å²) in [6.07, 6.45) is 1.07. The van der Waals surface area contributed by atoms with Crippen LogP contribution in [0.5, 0.6) is 5.75 Å². The maximum atomic E-state index is 13.4. The van der Waals surface area contributed by atoms with Gasteiger partial charge in [0, 0.05) is 44.2 Å². The Morgan fingerprint density at radius 1 is 1.19 bits per heavy atom. The maximum absolute atomic E-state index is 13.4. The van der Waals surface area contributed by atoms with Gasteiger partial charge in [0.1, 0.15) is 23.0 Å². The van der Waals surface area contributed by atoms with Crippen LogP contribution in [0.25, 0.3) is 0 Å². The molecule has 36 heavy (non-hydrogen) atoms. The second-order valence-electron chi connectivity index (χ2n) is 8.88. The van der Waals surface area contributed by atoms with Crippen LogP contribution in [0.2, 0.25) is 0 Å². The Balaban J connectivity index is 1.21. The van der Waals surface area contributed by atoms with Crippen LogP contribution in [0, 0.1) is 0 Å². The summed E-state index contributed by atoms with van der Waals surface area (Å²) in [6.45, 7) is 2.32. The molecule has 2 aliphatic heterocycles. The highest BCUT2D eigenvalue weighted by atomic mass is 32.1. The maximum Gasteiger partial charge on any atom is 0.205 e. The van der Waals surface area contributed by atoms with Gasteiger partial charge in [-0.25, -0.2) is 4.39 Å². The highest BCUT2D eigenvalue weighted by Crippen LogP contribution is 2.33. The van der Waals surface area contributed by atoms with Crippen molar-refractivity contribution in [1.82, 2.24) is 20.4 Å². The highest BCUT2D eigenvalue weighted by Gasteiger charge is 2.29. The molecule has 1 aromatic carbocycles. The van der Waals surface area contributed by atoms with Gasteiger partial charge in [-0.05, 0) is 36.2 Å². The Kier molecular flexibility index (Phi) is 7.23. The first kappa shape index (κ1) is 24.3. The molecule has 2 saturated heterocycles. The third kappa shape index (κ3) is 5.39. The molecule has 3 aromatic rings. The molecular formula is C24H28FN7O3S. The van der Waals surface area contributed by atoms with E-state index in [1.165, 1.54) is 18.4 Å². The lowest BCUT2D eigenvalue weighted by atomic mass is 10.0. The molecule has 2 aliphatic rings. The molecule has 4 heterocycles. The number of hydrogen-bond donors (Lipinski definition) is 1. The molecule has 5 rings (SSSR count). The van der Waals surface area contributed by atoms with Crippen LogP contribution in [-0.4, -0.2) is 78.8 Å². The van der Waals surface area contributed by atoms with Gasteiger partial charge in [0.15, 0.2) is 11.6 Å². The van der Waals surface area contributed by atoms with Crippen molar-refractivity contribution in [2.24, 2.45) is 0 Å². The molecule has 0 bridgehead atoms. The van der Waals surface area contributed by atoms with Crippen molar-refractivity contribution in [1.29, 1.82) is 0 Å². The van der Waals surface area contributed by atoms with Crippen molar-refractivity contribution in [2.45, 2.75) is 31.2 Å². The van der Waals surface area contributed by atoms with Crippen molar-refractivity contribution < 1.29 is 18.7 Å². The Morgan fingerprint density at radius 3 is 2.78 bits per heavy atom. The minimum Gasteiger partial charge on any atom is -0.497 e. The van der Waals surface area contributed by atoms with Crippen molar-refractivity contribution in [3.63, 3.8) is 0 Å². The van der Waals surface area contributed by atoms with Gasteiger partial charge >= 0.3 is 0 Å². The Hall–Kier alpha value is -3.38. The Labute approximate surface area is 212 Å². The molecule has 12 heteroatoms. The van der Waals surface area contributed by atoms with Crippen molar-refractivity contribution in [3.8, 4) is 5.75 Å². The first-order valence-electron chi connectivity index (χ1n) is 11.8. The number of halogens is 1. The van der Waals surface area contributed by atoms with Crippen molar-refractivity contribution >= 4 is 33.8 Å². The van der Waals surface area contributed by atoms with E-state index in [9.17, 15) is 9.18 Å². The van der Waals surface area contributed by atoms with Gasteiger partial charge in [0.2, 0.25) is 5.13 Å². The number of alkyl halides is 1. The average Bonchev–Trinajstić information content (AvgIpc) is 3.52. The molecule has 0 unspecified atom stereocenters. The summed E-state index contributed by atoms with van der Waals surface area (Å²) >= 11 is 1.37. The number of carbonyl (C=O) groups excluding carboxylic acids is 1. The molecule has 0 amide bonds. The van der Waals surface area contributed by atoms with Crippen molar-refractivity contribution in [3.05, 3.63) is 47.1 Å². The second-order valence-corrected chi connectivity index (χ2v) is 9.95.